The van der Waals surface area contributed by atoms with E-state index in [0.717, 1.165) is 0 Å². The van der Waals surface area contributed by atoms with E-state index in [1.807, 2.05) is 0 Å². The highest BCUT2D eigenvalue weighted by atomic mass is 16.5. The van der Waals surface area contributed by atoms with Crippen molar-refractivity contribution in [1.29, 1.82) is 0 Å². The Labute approximate surface area is 116 Å². The smallest absolute Gasteiger partial charge is 0.308 e. The first-order chi connectivity index (χ1) is 9.22. The molecule has 0 saturated heterocycles. The monoisotopic (exact) mass is 280 g/mol. The number of carbonyl (C=O) groups is 3. The van der Waals surface area contributed by atoms with Crippen molar-refractivity contribution in [2.24, 2.45) is 0 Å². The zero-order valence-electron chi connectivity index (χ0n) is 11.8. The van der Waals surface area contributed by atoms with Gasteiger partial charge in [0.05, 0.1) is 6.42 Å². The average molecular weight is 280 g/mol. The van der Waals surface area contributed by atoms with E-state index in [9.17, 15) is 14.4 Å². The van der Waals surface area contributed by atoms with E-state index < -0.39 is 24.3 Å². The van der Waals surface area contributed by atoms with Crippen molar-refractivity contribution in [3.8, 4) is 11.5 Å². The molecule has 20 heavy (non-hydrogen) atoms. The molecule has 0 aliphatic rings. The summed E-state index contributed by atoms with van der Waals surface area (Å²) in [7, 11) is 0. The molecule has 0 heterocycles. The van der Waals surface area contributed by atoms with Crippen LogP contribution in [0.5, 0.6) is 11.5 Å². The van der Waals surface area contributed by atoms with Gasteiger partial charge in [-0.05, 0) is 31.0 Å². The normalized spacial score (nSPS) is 10.0. The van der Waals surface area contributed by atoms with Crippen LogP contribution >= 0.6 is 0 Å². The second kappa shape index (κ2) is 6.18. The molecule has 1 aromatic carbocycles. The minimum atomic E-state index is -1.11. The number of esters is 2. The second-order valence-corrected chi connectivity index (χ2v) is 4.40. The fourth-order valence-electron chi connectivity index (χ4n) is 1.92. The molecule has 6 nitrogen and oxygen atoms in total. The lowest BCUT2D eigenvalue weighted by Crippen LogP contribution is -2.13. The van der Waals surface area contributed by atoms with E-state index in [0.29, 0.717) is 11.1 Å². The summed E-state index contributed by atoms with van der Waals surface area (Å²) in [5.74, 6) is -2.00. The number of carboxylic acid groups (broad SMARTS) is 1. The van der Waals surface area contributed by atoms with E-state index in [1.165, 1.54) is 13.8 Å². The maximum absolute atomic E-state index is 11.1. The van der Waals surface area contributed by atoms with Gasteiger partial charge in [0, 0.05) is 19.4 Å². The first kappa shape index (κ1) is 15.7. The van der Waals surface area contributed by atoms with E-state index in [1.54, 1.807) is 19.9 Å². The molecule has 0 saturated carbocycles. The highest BCUT2D eigenvalue weighted by molar-refractivity contribution is 5.79. The highest BCUT2D eigenvalue weighted by Crippen LogP contribution is 2.36. The topological polar surface area (TPSA) is 89.9 Å². The summed E-state index contributed by atoms with van der Waals surface area (Å²) in [6, 6.07) is 1.67. The zero-order chi connectivity index (χ0) is 15.4. The van der Waals surface area contributed by atoms with E-state index >= 15 is 0 Å². The van der Waals surface area contributed by atoms with Crippen LogP contribution < -0.4 is 9.47 Å². The van der Waals surface area contributed by atoms with Gasteiger partial charge in [-0.15, -0.1) is 0 Å². The largest absolute Gasteiger partial charge is 0.481 e. The van der Waals surface area contributed by atoms with Gasteiger partial charge in [0.25, 0.3) is 0 Å². The molecule has 0 unspecified atom stereocenters. The van der Waals surface area contributed by atoms with Crippen LogP contribution in [0.25, 0.3) is 0 Å². The summed E-state index contributed by atoms with van der Waals surface area (Å²) >= 11 is 0. The van der Waals surface area contributed by atoms with Crippen LogP contribution in [-0.4, -0.2) is 23.0 Å². The Morgan fingerprint density at radius 2 is 1.40 bits per heavy atom. The average Bonchev–Trinajstić information content (AvgIpc) is 2.27. The molecular formula is C14H16O6. The van der Waals surface area contributed by atoms with E-state index in [4.69, 9.17) is 14.6 Å². The highest BCUT2D eigenvalue weighted by Gasteiger charge is 2.21. The molecule has 0 radical (unpaired) electrons. The minimum absolute atomic E-state index is 0.127. The number of aliphatic carboxylic acids is 1. The van der Waals surface area contributed by atoms with Crippen molar-refractivity contribution in [2.75, 3.05) is 0 Å². The second-order valence-electron chi connectivity index (χ2n) is 4.40. The van der Waals surface area contributed by atoms with Crippen LogP contribution in [0.2, 0.25) is 0 Å². The van der Waals surface area contributed by atoms with Crippen molar-refractivity contribution in [3.63, 3.8) is 0 Å². The molecule has 108 valence electrons. The molecule has 1 aromatic rings. The molecule has 0 aliphatic carbocycles. The molecule has 0 atom stereocenters. The Kier molecular flexibility index (Phi) is 4.85. The molecule has 0 aromatic heterocycles. The van der Waals surface area contributed by atoms with Crippen molar-refractivity contribution in [2.45, 2.75) is 34.1 Å². The molecule has 0 bridgehead atoms. The van der Waals surface area contributed by atoms with Gasteiger partial charge in [0.2, 0.25) is 0 Å². The van der Waals surface area contributed by atoms with Gasteiger partial charge in [-0.2, -0.15) is 0 Å². The SMILES string of the molecule is CC(=O)Oc1c(C)cc(C)c(OC(C)=O)c1CC(=O)O. The van der Waals surface area contributed by atoms with Gasteiger partial charge < -0.3 is 14.6 Å². The first-order valence-corrected chi connectivity index (χ1v) is 5.94. The van der Waals surface area contributed by atoms with Crippen molar-refractivity contribution in [1.82, 2.24) is 0 Å². The third-order valence-electron chi connectivity index (χ3n) is 2.52. The number of carboxylic acids is 1. The third kappa shape index (κ3) is 3.81. The number of hydrogen-bond acceptors (Lipinski definition) is 5. The van der Waals surface area contributed by atoms with Crippen LogP contribution in [0.15, 0.2) is 6.07 Å². The number of hydrogen-bond donors (Lipinski definition) is 1. The molecule has 1 N–H and O–H groups in total. The van der Waals surface area contributed by atoms with Crippen LogP contribution in [0, 0.1) is 13.8 Å². The molecule has 1 rings (SSSR count). The number of carbonyl (C=O) groups excluding carboxylic acids is 2. The summed E-state index contributed by atoms with van der Waals surface area (Å²) in [4.78, 5) is 33.3. The molecule has 0 spiro atoms. The van der Waals surface area contributed by atoms with E-state index in [-0.39, 0.29) is 17.1 Å². The molecule has 0 fully saturated rings. The Morgan fingerprint density at radius 1 is 1.00 bits per heavy atom. The summed E-state index contributed by atoms with van der Waals surface area (Å²) < 4.78 is 10.1. The molecule has 0 amide bonds. The Hall–Kier alpha value is -2.37. The summed E-state index contributed by atoms with van der Waals surface area (Å²) in [5, 5.41) is 8.98. The van der Waals surface area contributed by atoms with E-state index in [2.05, 4.69) is 0 Å². The summed E-state index contributed by atoms with van der Waals surface area (Å²) in [6.45, 7) is 5.81. The Bertz CT molecular complexity index is 533. The minimum Gasteiger partial charge on any atom is -0.481 e. The predicted molar refractivity (Wildman–Crippen MR) is 69.9 cm³/mol. The fourth-order valence-corrected chi connectivity index (χ4v) is 1.92. The number of ether oxygens (including phenoxy) is 2. The summed E-state index contributed by atoms with van der Waals surface area (Å²) in [5.41, 5.74) is 1.38. The molecule has 0 aliphatic heterocycles. The lowest BCUT2D eigenvalue weighted by molar-refractivity contribution is -0.137. The lowest BCUT2D eigenvalue weighted by atomic mass is 10.0. The molecular weight excluding hydrogens is 264 g/mol. The maximum atomic E-state index is 11.1. The van der Waals surface area contributed by atoms with Gasteiger partial charge in [-0.3, -0.25) is 14.4 Å². The quantitative estimate of drug-likeness (QED) is 0.668. The van der Waals surface area contributed by atoms with Crippen LogP contribution in [-0.2, 0) is 20.8 Å². The first-order valence-electron chi connectivity index (χ1n) is 5.94. The molecule has 6 heteroatoms. The van der Waals surface area contributed by atoms with Crippen LogP contribution in [0.1, 0.15) is 30.5 Å². The zero-order valence-corrected chi connectivity index (χ0v) is 11.8. The standard InChI is InChI=1S/C14H16O6/c1-7-5-8(2)14(20-10(4)16)11(6-12(17)18)13(7)19-9(3)15/h5H,6H2,1-4H3,(H,17,18). The number of benzene rings is 1. The predicted octanol–water partition coefficient (Wildman–Crippen LogP) is 1.78. The maximum Gasteiger partial charge on any atom is 0.308 e. The summed E-state index contributed by atoms with van der Waals surface area (Å²) in [6.07, 6.45) is -0.409. The van der Waals surface area contributed by atoms with Crippen LogP contribution in [0.4, 0.5) is 0 Å². The Morgan fingerprint density at radius 3 is 1.70 bits per heavy atom. The van der Waals surface area contributed by atoms with Crippen molar-refractivity contribution < 1.29 is 29.0 Å². The third-order valence-corrected chi connectivity index (χ3v) is 2.52. The van der Waals surface area contributed by atoms with Gasteiger partial charge in [-0.25, -0.2) is 0 Å². The lowest BCUT2D eigenvalue weighted by Gasteiger charge is -2.17. The van der Waals surface area contributed by atoms with Gasteiger partial charge in [0.1, 0.15) is 11.5 Å². The van der Waals surface area contributed by atoms with Crippen molar-refractivity contribution in [3.05, 3.63) is 22.8 Å². The number of rotatable bonds is 4. The van der Waals surface area contributed by atoms with Gasteiger partial charge in [-0.1, -0.05) is 0 Å². The van der Waals surface area contributed by atoms with Crippen LogP contribution in [0.3, 0.4) is 0 Å². The fraction of sp³-hybridized carbons (Fsp3) is 0.357. The number of aryl methyl sites for hydroxylation is 2. The van der Waals surface area contributed by atoms with Crippen molar-refractivity contribution >= 4 is 17.9 Å². The Balaban J connectivity index is 3.50. The van der Waals surface area contributed by atoms with Gasteiger partial charge in [0.15, 0.2) is 0 Å². The van der Waals surface area contributed by atoms with Gasteiger partial charge >= 0.3 is 17.9 Å².